The van der Waals surface area contributed by atoms with Crippen LogP contribution in [0.2, 0.25) is 5.02 Å². The minimum absolute atomic E-state index is 0.0362. The predicted molar refractivity (Wildman–Crippen MR) is 88.6 cm³/mol. The second kappa shape index (κ2) is 5.58. The molecule has 0 spiro atoms. The molecule has 0 saturated heterocycles. The van der Waals surface area contributed by atoms with Gasteiger partial charge in [0, 0.05) is 28.4 Å². The Balaban J connectivity index is 2.11. The van der Waals surface area contributed by atoms with Crippen LogP contribution in [0.25, 0.3) is 23.2 Å². The van der Waals surface area contributed by atoms with Gasteiger partial charge in [0.2, 0.25) is 0 Å². The Labute approximate surface area is 128 Å². The average molecular weight is 296 g/mol. The van der Waals surface area contributed by atoms with Gasteiger partial charge in [-0.1, -0.05) is 41.9 Å². The number of carbonyl (C=O) groups excluding carboxylic acids is 1. The fraction of sp³-hybridized carbons (Fsp3) is 0.0556. The van der Waals surface area contributed by atoms with Gasteiger partial charge >= 0.3 is 0 Å². The molecule has 0 bridgehead atoms. The van der Waals surface area contributed by atoms with E-state index >= 15 is 0 Å². The Hall–Kier alpha value is -2.32. The lowest BCUT2D eigenvalue weighted by atomic mass is 10.1. The Morgan fingerprint density at radius 3 is 2.62 bits per heavy atom. The number of halogens is 1. The highest BCUT2D eigenvalue weighted by Gasteiger charge is 2.11. The molecule has 0 saturated carbocycles. The van der Waals surface area contributed by atoms with E-state index in [-0.39, 0.29) is 5.78 Å². The SMILES string of the molecule is CC(=O)c1cn(C=Cc2ccccc2)c2ccc(Cl)cc12. The van der Waals surface area contributed by atoms with Crippen molar-refractivity contribution in [2.75, 3.05) is 0 Å². The van der Waals surface area contributed by atoms with Crippen molar-refractivity contribution in [3.05, 3.63) is 70.9 Å². The zero-order valence-electron chi connectivity index (χ0n) is 11.6. The summed E-state index contributed by atoms with van der Waals surface area (Å²) < 4.78 is 1.95. The van der Waals surface area contributed by atoms with Gasteiger partial charge in [-0.3, -0.25) is 4.79 Å². The van der Waals surface area contributed by atoms with Crippen LogP contribution in [0.1, 0.15) is 22.8 Å². The molecule has 0 amide bonds. The Kier molecular flexibility index (Phi) is 3.63. The standard InChI is InChI=1S/C18H14ClNO/c1-13(21)17-12-20(10-9-14-5-3-2-4-6-14)18-8-7-15(19)11-16(17)18/h2-12H,1H3. The molecule has 3 heteroatoms. The van der Waals surface area contributed by atoms with E-state index in [1.165, 1.54) is 0 Å². The lowest BCUT2D eigenvalue weighted by Crippen LogP contribution is -1.88. The Morgan fingerprint density at radius 2 is 1.90 bits per heavy atom. The summed E-state index contributed by atoms with van der Waals surface area (Å²) in [6, 6.07) is 15.6. The molecule has 3 aromatic rings. The molecule has 21 heavy (non-hydrogen) atoms. The number of hydrogen-bond donors (Lipinski definition) is 0. The molecule has 0 N–H and O–H groups in total. The first-order valence-electron chi connectivity index (χ1n) is 6.69. The van der Waals surface area contributed by atoms with Crippen molar-refractivity contribution >= 4 is 40.6 Å². The zero-order valence-corrected chi connectivity index (χ0v) is 12.3. The fourth-order valence-electron chi connectivity index (χ4n) is 2.36. The largest absolute Gasteiger partial charge is 0.322 e. The van der Waals surface area contributed by atoms with Crippen molar-refractivity contribution < 1.29 is 4.79 Å². The molecule has 104 valence electrons. The molecule has 1 heterocycles. The molecule has 1 aromatic heterocycles. The maximum absolute atomic E-state index is 11.8. The van der Waals surface area contributed by atoms with Gasteiger partial charge in [-0.2, -0.15) is 0 Å². The van der Waals surface area contributed by atoms with Gasteiger partial charge in [-0.05, 0) is 36.8 Å². The van der Waals surface area contributed by atoms with Crippen molar-refractivity contribution in [3.63, 3.8) is 0 Å². The lowest BCUT2D eigenvalue weighted by Gasteiger charge is -1.98. The zero-order chi connectivity index (χ0) is 14.8. The molecule has 0 atom stereocenters. The van der Waals surface area contributed by atoms with E-state index in [9.17, 15) is 4.79 Å². The monoisotopic (exact) mass is 295 g/mol. The van der Waals surface area contributed by atoms with E-state index in [0.29, 0.717) is 10.6 Å². The lowest BCUT2D eigenvalue weighted by molar-refractivity contribution is 0.101. The molecule has 0 fully saturated rings. The van der Waals surface area contributed by atoms with E-state index in [0.717, 1.165) is 16.5 Å². The minimum Gasteiger partial charge on any atom is -0.322 e. The molecule has 0 aliphatic heterocycles. The van der Waals surface area contributed by atoms with E-state index in [1.54, 1.807) is 6.92 Å². The topological polar surface area (TPSA) is 22.0 Å². The molecule has 0 radical (unpaired) electrons. The summed E-state index contributed by atoms with van der Waals surface area (Å²) in [6.45, 7) is 1.57. The molecule has 0 aliphatic carbocycles. The van der Waals surface area contributed by atoms with Crippen LogP contribution in [0.4, 0.5) is 0 Å². The molecule has 3 rings (SSSR count). The van der Waals surface area contributed by atoms with Crippen molar-refractivity contribution in [3.8, 4) is 0 Å². The van der Waals surface area contributed by atoms with Crippen molar-refractivity contribution in [1.29, 1.82) is 0 Å². The highest BCUT2D eigenvalue weighted by Crippen LogP contribution is 2.26. The minimum atomic E-state index is 0.0362. The third-order valence-corrected chi connectivity index (χ3v) is 3.64. The number of aromatic nitrogens is 1. The third kappa shape index (κ3) is 2.76. The smallest absolute Gasteiger partial charge is 0.161 e. The van der Waals surface area contributed by atoms with Gasteiger partial charge < -0.3 is 4.57 Å². The number of rotatable bonds is 3. The molecular weight excluding hydrogens is 282 g/mol. The van der Waals surface area contributed by atoms with Crippen molar-refractivity contribution in [1.82, 2.24) is 4.57 Å². The summed E-state index contributed by atoms with van der Waals surface area (Å²) in [4.78, 5) is 11.8. The van der Waals surface area contributed by atoms with Crippen molar-refractivity contribution in [2.45, 2.75) is 6.92 Å². The summed E-state index contributed by atoms with van der Waals surface area (Å²) in [5.74, 6) is 0.0362. The van der Waals surface area contributed by atoms with Gasteiger partial charge in [0.1, 0.15) is 0 Å². The summed E-state index contributed by atoms with van der Waals surface area (Å²) in [5, 5.41) is 1.52. The highest BCUT2D eigenvalue weighted by molar-refractivity contribution is 6.31. The van der Waals surface area contributed by atoms with Crippen LogP contribution in [0, 0.1) is 0 Å². The summed E-state index contributed by atoms with van der Waals surface area (Å²) in [6.07, 6.45) is 5.82. The van der Waals surface area contributed by atoms with Crippen LogP contribution in [-0.2, 0) is 0 Å². The second-order valence-electron chi connectivity index (χ2n) is 4.89. The third-order valence-electron chi connectivity index (χ3n) is 3.40. The van der Waals surface area contributed by atoms with E-state index in [2.05, 4.69) is 0 Å². The number of hydrogen-bond acceptors (Lipinski definition) is 1. The van der Waals surface area contributed by atoms with Crippen LogP contribution >= 0.6 is 11.6 Å². The van der Waals surface area contributed by atoms with Crippen LogP contribution < -0.4 is 0 Å². The van der Waals surface area contributed by atoms with Gasteiger partial charge in [-0.15, -0.1) is 0 Å². The van der Waals surface area contributed by atoms with Crippen LogP contribution in [0.5, 0.6) is 0 Å². The first-order chi connectivity index (χ1) is 10.1. The summed E-state index contributed by atoms with van der Waals surface area (Å²) >= 11 is 6.04. The summed E-state index contributed by atoms with van der Waals surface area (Å²) in [5.41, 5.74) is 2.76. The van der Waals surface area contributed by atoms with Gasteiger partial charge in [-0.25, -0.2) is 0 Å². The second-order valence-corrected chi connectivity index (χ2v) is 5.33. The first-order valence-corrected chi connectivity index (χ1v) is 7.07. The number of carbonyl (C=O) groups is 1. The van der Waals surface area contributed by atoms with E-state index in [4.69, 9.17) is 11.6 Å². The van der Waals surface area contributed by atoms with Crippen LogP contribution in [-0.4, -0.2) is 10.4 Å². The van der Waals surface area contributed by atoms with E-state index in [1.807, 2.05) is 71.6 Å². The molecule has 2 nitrogen and oxygen atoms in total. The number of ketones is 1. The average Bonchev–Trinajstić information content (AvgIpc) is 2.84. The maximum Gasteiger partial charge on any atom is 0.161 e. The Bertz CT molecular complexity index is 831. The molecule has 2 aromatic carbocycles. The van der Waals surface area contributed by atoms with Crippen molar-refractivity contribution in [2.24, 2.45) is 0 Å². The van der Waals surface area contributed by atoms with Gasteiger partial charge in [0.15, 0.2) is 5.78 Å². The number of fused-ring (bicyclic) bond motifs is 1. The molecule has 0 aliphatic rings. The number of Topliss-reactive ketones (excluding diaryl/α,β-unsaturated/α-hetero) is 1. The quantitative estimate of drug-likeness (QED) is 0.614. The normalized spacial score (nSPS) is 11.3. The predicted octanol–water partition coefficient (Wildman–Crippen LogP) is 5.13. The number of nitrogens with zero attached hydrogens (tertiary/aromatic N) is 1. The van der Waals surface area contributed by atoms with Gasteiger partial charge in [0.05, 0.1) is 5.52 Å². The van der Waals surface area contributed by atoms with E-state index < -0.39 is 0 Å². The number of benzene rings is 2. The Morgan fingerprint density at radius 1 is 1.14 bits per heavy atom. The molecule has 0 unspecified atom stereocenters. The highest BCUT2D eigenvalue weighted by atomic mass is 35.5. The maximum atomic E-state index is 11.8. The van der Waals surface area contributed by atoms with Gasteiger partial charge in [0.25, 0.3) is 0 Å². The van der Waals surface area contributed by atoms with Crippen LogP contribution in [0.15, 0.2) is 54.7 Å². The summed E-state index contributed by atoms with van der Waals surface area (Å²) in [7, 11) is 0. The fourth-order valence-corrected chi connectivity index (χ4v) is 2.53. The van der Waals surface area contributed by atoms with Crippen LogP contribution in [0.3, 0.4) is 0 Å². The molecular formula is C18H14ClNO. The first kappa shape index (κ1) is 13.7.